The molecular formula is C31H45NO5S. The van der Waals surface area contributed by atoms with Crippen molar-refractivity contribution in [2.75, 3.05) is 27.9 Å². The predicted octanol–water partition coefficient (Wildman–Crippen LogP) is 8.15. The minimum Gasteiger partial charge on any atom is -0.499 e. The van der Waals surface area contributed by atoms with E-state index in [1.165, 1.54) is 17.5 Å². The summed E-state index contributed by atoms with van der Waals surface area (Å²) < 4.78 is 28.9. The van der Waals surface area contributed by atoms with Gasteiger partial charge in [0.1, 0.15) is 10.7 Å². The van der Waals surface area contributed by atoms with Gasteiger partial charge in [0.15, 0.2) is 17.3 Å². The third kappa shape index (κ3) is 7.00. The molecule has 2 aromatic rings. The fourth-order valence-electron chi connectivity index (χ4n) is 4.82. The van der Waals surface area contributed by atoms with Crippen LogP contribution in [0.5, 0.6) is 17.4 Å². The van der Waals surface area contributed by atoms with Gasteiger partial charge in [-0.2, -0.15) is 0 Å². The molecular weight excluding hydrogens is 498 g/mol. The third-order valence-electron chi connectivity index (χ3n) is 7.12. The number of nitrogens with one attached hydrogen (secondary N) is 1. The third-order valence-corrected chi connectivity index (χ3v) is 7.42. The number of benzene rings is 1. The van der Waals surface area contributed by atoms with Crippen LogP contribution in [-0.2, 0) is 21.3 Å². The fraction of sp³-hybridized carbons (Fsp3) is 0.516. The Kier molecular flexibility index (Phi) is 11.9. The average molecular weight is 544 g/mol. The number of rotatable bonds is 10. The van der Waals surface area contributed by atoms with Crippen LogP contribution in [0.15, 0.2) is 45.7 Å². The van der Waals surface area contributed by atoms with E-state index < -0.39 is 0 Å². The lowest BCUT2D eigenvalue weighted by atomic mass is 9.69. The van der Waals surface area contributed by atoms with Gasteiger partial charge >= 0.3 is 0 Å². The molecule has 1 aliphatic rings. The molecule has 6 nitrogen and oxygen atoms in total. The second-order valence-electron chi connectivity index (χ2n) is 9.51. The lowest BCUT2D eigenvalue weighted by molar-refractivity contribution is 0.233. The summed E-state index contributed by atoms with van der Waals surface area (Å²) >= 11 is 5.64. The summed E-state index contributed by atoms with van der Waals surface area (Å²) in [5.41, 5.74) is 5.40. The highest BCUT2D eigenvalue weighted by molar-refractivity contribution is 7.80. The van der Waals surface area contributed by atoms with Gasteiger partial charge in [0.25, 0.3) is 5.95 Å². The molecule has 0 bridgehead atoms. The maximum Gasteiger partial charge on any atom is 0.290 e. The van der Waals surface area contributed by atoms with E-state index in [0.717, 1.165) is 41.8 Å². The number of allylic oxidation sites excluding steroid dienone is 2. The van der Waals surface area contributed by atoms with E-state index in [1.54, 1.807) is 33.5 Å². The molecule has 210 valence electrons. The number of ether oxygens (including phenoxy) is 4. The summed E-state index contributed by atoms with van der Waals surface area (Å²) in [6.45, 7) is 14.9. The summed E-state index contributed by atoms with van der Waals surface area (Å²) in [4.78, 5) is 0.425. The Labute approximate surface area is 234 Å². The first-order valence-corrected chi connectivity index (χ1v) is 13.8. The summed E-state index contributed by atoms with van der Waals surface area (Å²) in [7, 11) is 4.99. The van der Waals surface area contributed by atoms with Crippen LogP contribution in [0.3, 0.4) is 0 Å². The highest BCUT2D eigenvalue weighted by Gasteiger charge is 2.36. The van der Waals surface area contributed by atoms with E-state index in [0.29, 0.717) is 34.8 Å². The maximum absolute atomic E-state index is 6.30. The van der Waals surface area contributed by atoms with Crippen molar-refractivity contribution in [1.29, 1.82) is 0 Å². The van der Waals surface area contributed by atoms with Gasteiger partial charge in [0, 0.05) is 18.7 Å². The molecule has 1 atom stereocenters. The number of methoxy groups -OCH3 is 3. The summed E-state index contributed by atoms with van der Waals surface area (Å²) in [5.74, 6) is 3.04. The molecule has 0 saturated heterocycles. The minimum absolute atomic E-state index is 0.0562. The predicted molar refractivity (Wildman–Crippen MR) is 159 cm³/mol. The van der Waals surface area contributed by atoms with Crippen molar-refractivity contribution >= 4 is 17.2 Å². The summed E-state index contributed by atoms with van der Waals surface area (Å²) in [5, 5.41) is 3.25. The fourth-order valence-corrected chi connectivity index (χ4v) is 5.03. The topological polar surface area (TPSA) is 62.1 Å². The average Bonchev–Trinajstić information content (AvgIpc) is 3.40. The van der Waals surface area contributed by atoms with Crippen molar-refractivity contribution in [2.45, 2.75) is 79.6 Å². The van der Waals surface area contributed by atoms with E-state index in [4.69, 9.17) is 35.6 Å². The first-order chi connectivity index (χ1) is 18.2. The van der Waals surface area contributed by atoms with Crippen LogP contribution in [0.1, 0.15) is 83.3 Å². The smallest absolute Gasteiger partial charge is 0.290 e. The van der Waals surface area contributed by atoms with E-state index in [1.807, 2.05) is 40.7 Å². The zero-order valence-electron chi connectivity index (χ0n) is 24.8. The monoisotopic (exact) mass is 543 g/mol. The van der Waals surface area contributed by atoms with Gasteiger partial charge in [0.05, 0.1) is 26.5 Å². The lowest BCUT2D eigenvalue weighted by Crippen LogP contribution is -2.28. The molecule has 1 aromatic carbocycles. The zero-order valence-corrected chi connectivity index (χ0v) is 25.6. The van der Waals surface area contributed by atoms with Crippen LogP contribution >= 0.6 is 12.2 Å². The number of hydrogen-bond donors (Lipinski definition) is 1. The molecule has 1 aliphatic carbocycles. The van der Waals surface area contributed by atoms with Gasteiger partial charge in [-0.3, -0.25) is 0 Å². The van der Waals surface area contributed by atoms with Crippen LogP contribution in [0, 0.1) is 6.92 Å². The van der Waals surface area contributed by atoms with E-state index in [2.05, 4.69) is 25.2 Å². The standard InChI is InChI=1S/C29H39NO5S.C2H6/c1-9-29(5)15-10-11-21-17-19(3)26(27(33-8)24(21)29)35-23-13-12-22(34-23)28(36)30-25(20(4)32-7)18(2)14-16-31-6;1-2/h12-14,17H,9-11,15-16H2,1-8H3,(H,30,36);1-2H3/b18-14-,25-20-;. The highest BCUT2D eigenvalue weighted by Crippen LogP contribution is 2.50. The Morgan fingerprint density at radius 1 is 1.16 bits per heavy atom. The van der Waals surface area contributed by atoms with Crippen molar-refractivity contribution in [2.24, 2.45) is 0 Å². The normalized spacial score (nSPS) is 17.5. The van der Waals surface area contributed by atoms with E-state index in [9.17, 15) is 0 Å². The van der Waals surface area contributed by atoms with Gasteiger partial charge < -0.3 is 28.7 Å². The van der Waals surface area contributed by atoms with Gasteiger partial charge in [0.2, 0.25) is 0 Å². The van der Waals surface area contributed by atoms with Crippen LogP contribution in [-0.4, -0.2) is 32.9 Å². The van der Waals surface area contributed by atoms with Gasteiger partial charge in [-0.15, -0.1) is 0 Å². The van der Waals surface area contributed by atoms with Crippen LogP contribution in [0.2, 0.25) is 0 Å². The molecule has 0 aliphatic heterocycles. The van der Waals surface area contributed by atoms with Crippen LogP contribution in [0.4, 0.5) is 0 Å². The molecule has 0 fully saturated rings. The van der Waals surface area contributed by atoms with Crippen molar-refractivity contribution < 1.29 is 23.4 Å². The van der Waals surface area contributed by atoms with Gasteiger partial charge in [-0.25, -0.2) is 0 Å². The quantitative estimate of drug-likeness (QED) is 0.184. The molecule has 0 amide bonds. The summed E-state index contributed by atoms with van der Waals surface area (Å²) in [6.07, 6.45) is 6.38. The van der Waals surface area contributed by atoms with Crippen molar-refractivity contribution in [1.82, 2.24) is 5.32 Å². The Morgan fingerprint density at radius 2 is 1.87 bits per heavy atom. The molecule has 38 heavy (non-hydrogen) atoms. The molecule has 1 heterocycles. The second-order valence-corrected chi connectivity index (χ2v) is 9.92. The summed E-state index contributed by atoms with van der Waals surface area (Å²) in [6, 6.07) is 5.81. The number of furan rings is 1. The minimum atomic E-state index is 0.0562. The molecule has 7 heteroatoms. The second kappa shape index (κ2) is 14.4. The van der Waals surface area contributed by atoms with Gasteiger partial charge in [-0.05, 0) is 74.6 Å². The molecule has 0 saturated carbocycles. The Balaban J connectivity index is 0.00000247. The van der Waals surface area contributed by atoms with Crippen molar-refractivity contribution in [3.05, 3.63) is 63.8 Å². The SMILES string of the molecule is CC.CCC1(C)CCCc2cc(C)c(Oc3ccc(C(=S)NC(/C(C)=C\COC)=C(/C)OC)o3)c(OC)c21. The Hall–Kier alpha value is -2.77. The van der Waals surface area contributed by atoms with E-state index in [-0.39, 0.29) is 5.41 Å². The molecule has 1 N–H and O–H groups in total. The Bertz CT molecular complexity index is 1160. The van der Waals surface area contributed by atoms with Gasteiger partial charge in [-0.1, -0.05) is 52.1 Å². The maximum atomic E-state index is 6.30. The van der Waals surface area contributed by atoms with E-state index >= 15 is 0 Å². The molecule has 0 radical (unpaired) electrons. The molecule has 1 aromatic heterocycles. The number of thiocarbonyl (C=S) groups is 1. The molecule has 3 rings (SSSR count). The molecule has 1 unspecified atom stereocenters. The first kappa shape index (κ1) is 31.4. The van der Waals surface area contributed by atoms with Crippen molar-refractivity contribution in [3.63, 3.8) is 0 Å². The van der Waals surface area contributed by atoms with Crippen molar-refractivity contribution in [3.8, 4) is 17.4 Å². The first-order valence-electron chi connectivity index (χ1n) is 13.4. The highest BCUT2D eigenvalue weighted by atomic mass is 32.1. The lowest BCUT2D eigenvalue weighted by Gasteiger charge is -2.37. The number of fused-ring (bicyclic) bond motifs is 1. The van der Waals surface area contributed by atoms with Crippen LogP contribution < -0.4 is 14.8 Å². The molecule has 0 spiro atoms. The van der Waals surface area contributed by atoms with Crippen LogP contribution in [0.25, 0.3) is 0 Å². The largest absolute Gasteiger partial charge is 0.499 e. The number of aryl methyl sites for hydroxylation is 2. The number of hydrogen-bond acceptors (Lipinski definition) is 6. The Morgan fingerprint density at radius 3 is 2.47 bits per heavy atom. The zero-order chi connectivity index (χ0) is 28.5.